The zero-order chi connectivity index (χ0) is 9.26. The van der Waals surface area contributed by atoms with Gasteiger partial charge in [-0.3, -0.25) is 4.98 Å². The Balaban J connectivity index is 2.48. The molecule has 66 valence electrons. The number of nitrogens with two attached hydrogens (primary N) is 1. The summed E-state index contributed by atoms with van der Waals surface area (Å²) in [7, 11) is 0. The lowest BCUT2D eigenvalue weighted by Crippen LogP contribution is -1.97. The summed E-state index contributed by atoms with van der Waals surface area (Å²) < 4.78 is 1.48. The lowest BCUT2D eigenvalue weighted by Gasteiger charge is -1.95. The molecule has 13 heavy (non-hydrogen) atoms. The molecule has 2 heterocycles. The van der Waals surface area contributed by atoms with Gasteiger partial charge < -0.3 is 5.73 Å². The zero-order valence-electron chi connectivity index (χ0n) is 6.55. The fourth-order valence-corrected chi connectivity index (χ4v) is 1.02. The van der Waals surface area contributed by atoms with E-state index in [4.69, 9.17) is 17.3 Å². The molecule has 0 atom stereocenters. The van der Waals surface area contributed by atoms with Crippen LogP contribution in [0.15, 0.2) is 24.8 Å². The lowest BCUT2D eigenvalue weighted by atomic mass is 10.6. The second-order valence-electron chi connectivity index (χ2n) is 2.38. The highest BCUT2D eigenvalue weighted by Crippen LogP contribution is 2.16. The van der Waals surface area contributed by atoms with Crippen LogP contribution in [0.3, 0.4) is 0 Å². The molecule has 0 unspecified atom stereocenters. The van der Waals surface area contributed by atoms with Crippen molar-refractivity contribution in [1.29, 1.82) is 0 Å². The van der Waals surface area contributed by atoms with E-state index < -0.39 is 0 Å². The summed E-state index contributed by atoms with van der Waals surface area (Å²) in [5.41, 5.74) is 5.94. The average Bonchev–Trinajstić information content (AvgIpc) is 2.49. The third-order valence-corrected chi connectivity index (χ3v) is 1.77. The number of hydrogen-bond acceptors (Lipinski definition) is 4. The van der Waals surface area contributed by atoms with Crippen molar-refractivity contribution in [3.63, 3.8) is 0 Å². The van der Waals surface area contributed by atoms with E-state index in [1.165, 1.54) is 4.68 Å². The molecule has 0 spiro atoms. The van der Waals surface area contributed by atoms with Crippen molar-refractivity contribution in [1.82, 2.24) is 19.7 Å². The van der Waals surface area contributed by atoms with E-state index in [9.17, 15) is 0 Å². The van der Waals surface area contributed by atoms with Gasteiger partial charge in [0.2, 0.25) is 0 Å². The van der Waals surface area contributed by atoms with Crippen LogP contribution in [0.1, 0.15) is 0 Å². The molecule has 0 saturated heterocycles. The first kappa shape index (κ1) is 8.00. The van der Waals surface area contributed by atoms with E-state index in [0.29, 0.717) is 11.5 Å². The van der Waals surface area contributed by atoms with Gasteiger partial charge in [0.1, 0.15) is 0 Å². The first-order valence-corrected chi connectivity index (χ1v) is 3.92. The van der Waals surface area contributed by atoms with Crippen LogP contribution >= 0.6 is 11.6 Å². The maximum Gasteiger partial charge on any atom is 0.174 e. The summed E-state index contributed by atoms with van der Waals surface area (Å²) in [6, 6.07) is 0. The molecule has 6 heteroatoms. The molecule has 0 fully saturated rings. The molecule has 0 radical (unpaired) electrons. The monoisotopic (exact) mass is 195 g/mol. The topological polar surface area (TPSA) is 69.6 Å². The highest BCUT2D eigenvalue weighted by molar-refractivity contribution is 6.31. The fraction of sp³-hybridized carbons (Fsp3) is 0. The summed E-state index contributed by atoms with van der Waals surface area (Å²) in [6.07, 6.45) is 6.31. The van der Waals surface area contributed by atoms with E-state index in [0.717, 1.165) is 0 Å². The quantitative estimate of drug-likeness (QED) is 0.734. The number of rotatable bonds is 1. The Bertz CT molecular complexity index is 391. The normalized spacial score (nSPS) is 10.2. The number of aromatic nitrogens is 4. The lowest BCUT2D eigenvalue weighted by molar-refractivity contribution is 0.838. The van der Waals surface area contributed by atoms with Gasteiger partial charge in [-0.25, -0.2) is 9.67 Å². The van der Waals surface area contributed by atoms with E-state index in [1.54, 1.807) is 24.8 Å². The van der Waals surface area contributed by atoms with Gasteiger partial charge in [0.15, 0.2) is 11.0 Å². The van der Waals surface area contributed by atoms with E-state index in [-0.39, 0.29) is 5.15 Å². The molecule has 0 amide bonds. The fourth-order valence-electron chi connectivity index (χ4n) is 0.893. The Labute approximate surface area is 79.2 Å². The van der Waals surface area contributed by atoms with Crippen LogP contribution < -0.4 is 5.73 Å². The molecule has 2 rings (SSSR count). The molecule has 5 nitrogen and oxygen atoms in total. The minimum Gasteiger partial charge on any atom is -0.395 e. The van der Waals surface area contributed by atoms with Crippen LogP contribution in [0.25, 0.3) is 5.82 Å². The number of halogens is 1. The predicted octanol–water partition coefficient (Wildman–Crippen LogP) is 0.898. The van der Waals surface area contributed by atoms with Crippen molar-refractivity contribution in [2.24, 2.45) is 0 Å². The van der Waals surface area contributed by atoms with Crippen LogP contribution in [0, 0.1) is 0 Å². The molecular formula is C7H6ClN5. The Morgan fingerprint density at radius 2 is 2.23 bits per heavy atom. The number of hydrogen-bond donors (Lipinski definition) is 1. The Morgan fingerprint density at radius 3 is 2.77 bits per heavy atom. The van der Waals surface area contributed by atoms with Crippen molar-refractivity contribution in [2.45, 2.75) is 0 Å². The van der Waals surface area contributed by atoms with Gasteiger partial charge in [0.05, 0.1) is 18.1 Å². The first-order valence-electron chi connectivity index (χ1n) is 3.54. The molecular weight excluding hydrogens is 190 g/mol. The van der Waals surface area contributed by atoms with E-state index in [2.05, 4.69) is 15.1 Å². The maximum atomic E-state index is 5.67. The number of nitrogen functional groups attached to an aromatic ring is 1. The van der Waals surface area contributed by atoms with E-state index in [1.807, 2.05) is 0 Å². The summed E-state index contributed by atoms with van der Waals surface area (Å²) in [5, 5.41) is 4.20. The molecule has 2 aromatic heterocycles. The van der Waals surface area contributed by atoms with Crippen LogP contribution in [0.4, 0.5) is 5.69 Å². The van der Waals surface area contributed by atoms with Gasteiger partial charge >= 0.3 is 0 Å². The van der Waals surface area contributed by atoms with Gasteiger partial charge in [-0.15, -0.1) is 0 Å². The second kappa shape index (κ2) is 3.02. The van der Waals surface area contributed by atoms with Crippen LogP contribution in [0.2, 0.25) is 5.15 Å². The van der Waals surface area contributed by atoms with Crippen molar-refractivity contribution >= 4 is 17.3 Å². The average molecular weight is 196 g/mol. The minimum absolute atomic E-state index is 0.269. The van der Waals surface area contributed by atoms with Crippen molar-refractivity contribution < 1.29 is 0 Å². The summed E-state index contributed by atoms with van der Waals surface area (Å²) in [4.78, 5) is 7.92. The van der Waals surface area contributed by atoms with Crippen LogP contribution in [-0.4, -0.2) is 19.7 Å². The van der Waals surface area contributed by atoms with Gasteiger partial charge in [-0.1, -0.05) is 11.6 Å². The van der Waals surface area contributed by atoms with Gasteiger partial charge in [0.25, 0.3) is 0 Å². The van der Waals surface area contributed by atoms with Crippen molar-refractivity contribution in [2.75, 3.05) is 5.73 Å². The highest BCUT2D eigenvalue weighted by Gasteiger charge is 2.04. The summed E-state index contributed by atoms with van der Waals surface area (Å²) >= 11 is 5.67. The highest BCUT2D eigenvalue weighted by atomic mass is 35.5. The third-order valence-electron chi connectivity index (χ3n) is 1.48. The maximum absolute atomic E-state index is 5.67. The first-order chi connectivity index (χ1) is 6.27. The van der Waals surface area contributed by atoms with E-state index >= 15 is 0 Å². The minimum atomic E-state index is 0.269. The molecule has 0 saturated carbocycles. The number of anilines is 1. The SMILES string of the molecule is Nc1cn(-c2cnccn2)nc1Cl. The van der Waals surface area contributed by atoms with Crippen molar-refractivity contribution in [3.05, 3.63) is 29.9 Å². The summed E-state index contributed by atoms with van der Waals surface area (Å²) in [6.45, 7) is 0. The second-order valence-corrected chi connectivity index (χ2v) is 2.74. The third kappa shape index (κ3) is 1.46. The molecule has 0 aromatic carbocycles. The molecule has 0 aliphatic rings. The zero-order valence-corrected chi connectivity index (χ0v) is 7.31. The van der Waals surface area contributed by atoms with Gasteiger partial charge in [-0.2, -0.15) is 5.10 Å². The Hall–Kier alpha value is -1.62. The van der Waals surface area contributed by atoms with Crippen LogP contribution in [0.5, 0.6) is 0 Å². The van der Waals surface area contributed by atoms with Crippen molar-refractivity contribution in [3.8, 4) is 5.82 Å². The Kier molecular flexibility index (Phi) is 1.86. The molecule has 2 N–H and O–H groups in total. The smallest absolute Gasteiger partial charge is 0.174 e. The van der Waals surface area contributed by atoms with Gasteiger partial charge in [-0.05, 0) is 0 Å². The summed E-state index contributed by atoms with van der Waals surface area (Å²) in [5.74, 6) is 0.584. The Morgan fingerprint density at radius 1 is 1.38 bits per heavy atom. The molecule has 2 aromatic rings. The molecule has 0 aliphatic heterocycles. The largest absolute Gasteiger partial charge is 0.395 e. The molecule has 0 bridgehead atoms. The standard InChI is InChI=1S/C7H6ClN5/c8-7-5(9)4-13(12-7)6-3-10-1-2-11-6/h1-4H,9H2. The predicted molar refractivity (Wildman–Crippen MR) is 48.6 cm³/mol. The van der Waals surface area contributed by atoms with Gasteiger partial charge in [0, 0.05) is 12.4 Å². The van der Waals surface area contributed by atoms with Crippen LogP contribution in [-0.2, 0) is 0 Å². The molecule has 0 aliphatic carbocycles. The number of nitrogens with zero attached hydrogens (tertiary/aromatic N) is 4.